The lowest BCUT2D eigenvalue weighted by Crippen LogP contribution is -2.31. The van der Waals surface area contributed by atoms with Crippen LogP contribution < -0.4 is 5.32 Å². The van der Waals surface area contributed by atoms with Crippen molar-refractivity contribution in [3.05, 3.63) is 71.1 Å². The number of nitrogens with zero attached hydrogens (tertiary/aromatic N) is 2. The quantitative estimate of drug-likeness (QED) is 0.761. The molecule has 0 aliphatic rings. The first kappa shape index (κ1) is 16.5. The zero-order chi connectivity index (χ0) is 17.1. The molecule has 3 rings (SSSR count). The van der Waals surface area contributed by atoms with Crippen LogP contribution in [0.2, 0.25) is 5.02 Å². The van der Waals surface area contributed by atoms with Gasteiger partial charge in [-0.05, 0) is 31.5 Å². The number of aromatic nitrogens is 2. The molecule has 1 N–H and O–H groups in total. The fraction of sp³-hybridized carbons (Fsp3) is 0.263. The number of halogens is 1. The van der Waals surface area contributed by atoms with Crippen LogP contribution in [-0.4, -0.2) is 21.3 Å². The van der Waals surface area contributed by atoms with Crippen molar-refractivity contribution < 1.29 is 4.79 Å². The minimum Gasteiger partial charge on any atom is -0.354 e. The number of benzene rings is 1. The van der Waals surface area contributed by atoms with Crippen LogP contribution >= 0.6 is 11.6 Å². The number of carbonyl (C=O) groups excluding carboxylic acids is 1. The van der Waals surface area contributed by atoms with Crippen molar-refractivity contribution in [2.24, 2.45) is 0 Å². The molecular weight excluding hydrogens is 322 g/mol. The second kappa shape index (κ2) is 7.05. The first-order valence-electron chi connectivity index (χ1n) is 8.01. The third kappa shape index (κ3) is 3.60. The van der Waals surface area contributed by atoms with Gasteiger partial charge in [-0.25, -0.2) is 4.98 Å². The van der Waals surface area contributed by atoms with Gasteiger partial charge in [0.2, 0.25) is 5.91 Å². The number of hydrogen-bond acceptors (Lipinski definition) is 2. The van der Waals surface area contributed by atoms with Gasteiger partial charge in [-0.15, -0.1) is 0 Å². The normalized spacial score (nSPS) is 12.5. The number of pyridine rings is 1. The van der Waals surface area contributed by atoms with Crippen molar-refractivity contribution in [2.75, 3.05) is 0 Å². The molecule has 1 atom stereocenters. The standard InChI is InChI=1S/C19H20ClN3O/c1-13(2)22-19(24)10-16(14-6-4-3-5-7-14)17-11-21-18-9-8-15(20)12-23(17)18/h3-9,11-13,16H,10H2,1-2H3,(H,22,24). The van der Waals surface area contributed by atoms with Gasteiger partial charge >= 0.3 is 0 Å². The highest BCUT2D eigenvalue weighted by atomic mass is 35.5. The molecule has 0 fully saturated rings. The third-order valence-electron chi connectivity index (χ3n) is 3.90. The van der Waals surface area contributed by atoms with E-state index in [0.717, 1.165) is 16.9 Å². The van der Waals surface area contributed by atoms with E-state index < -0.39 is 0 Å². The number of imidazole rings is 1. The summed E-state index contributed by atoms with van der Waals surface area (Å²) in [7, 11) is 0. The molecular formula is C19H20ClN3O. The molecule has 0 spiro atoms. The van der Waals surface area contributed by atoms with Gasteiger partial charge in [-0.3, -0.25) is 4.79 Å². The summed E-state index contributed by atoms with van der Waals surface area (Å²) in [4.78, 5) is 16.8. The Morgan fingerprint density at radius 3 is 2.67 bits per heavy atom. The van der Waals surface area contributed by atoms with Crippen LogP contribution in [-0.2, 0) is 4.79 Å². The SMILES string of the molecule is CC(C)NC(=O)CC(c1ccccc1)c1cnc2ccc(Cl)cn12. The van der Waals surface area contributed by atoms with Crippen molar-refractivity contribution in [2.45, 2.75) is 32.2 Å². The fourth-order valence-corrected chi connectivity index (χ4v) is 3.04. The van der Waals surface area contributed by atoms with Crippen LogP contribution in [0, 0.1) is 0 Å². The summed E-state index contributed by atoms with van der Waals surface area (Å²) < 4.78 is 1.96. The Morgan fingerprint density at radius 1 is 1.21 bits per heavy atom. The van der Waals surface area contributed by atoms with E-state index in [4.69, 9.17) is 11.6 Å². The Kier molecular flexibility index (Phi) is 4.86. The van der Waals surface area contributed by atoms with E-state index >= 15 is 0 Å². The van der Waals surface area contributed by atoms with E-state index in [9.17, 15) is 4.79 Å². The van der Waals surface area contributed by atoms with E-state index in [0.29, 0.717) is 11.4 Å². The molecule has 1 unspecified atom stereocenters. The summed E-state index contributed by atoms with van der Waals surface area (Å²) >= 11 is 6.14. The minimum atomic E-state index is -0.0848. The summed E-state index contributed by atoms with van der Waals surface area (Å²) in [6.07, 6.45) is 4.03. The van der Waals surface area contributed by atoms with Crippen LogP contribution in [0.1, 0.15) is 37.4 Å². The minimum absolute atomic E-state index is 0.0239. The molecule has 2 heterocycles. The number of carbonyl (C=O) groups is 1. The summed E-state index contributed by atoms with van der Waals surface area (Å²) in [6, 6.07) is 13.8. The summed E-state index contributed by atoms with van der Waals surface area (Å²) in [6.45, 7) is 3.92. The van der Waals surface area contributed by atoms with Crippen LogP contribution in [0.5, 0.6) is 0 Å². The zero-order valence-corrected chi connectivity index (χ0v) is 14.5. The van der Waals surface area contributed by atoms with Gasteiger partial charge in [0, 0.05) is 30.8 Å². The van der Waals surface area contributed by atoms with Gasteiger partial charge in [0.1, 0.15) is 5.65 Å². The topological polar surface area (TPSA) is 46.4 Å². The van der Waals surface area contributed by atoms with Crippen LogP contribution in [0.3, 0.4) is 0 Å². The molecule has 2 aromatic heterocycles. The Bertz CT molecular complexity index is 842. The van der Waals surface area contributed by atoms with Gasteiger partial charge in [0.25, 0.3) is 0 Å². The Morgan fingerprint density at radius 2 is 1.96 bits per heavy atom. The highest BCUT2D eigenvalue weighted by Gasteiger charge is 2.22. The van der Waals surface area contributed by atoms with Crippen molar-refractivity contribution in [1.29, 1.82) is 0 Å². The lowest BCUT2D eigenvalue weighted by atomic mass is 9.92. The van der Waals surface area contributed by atoms with Crippen LogP contribution in [0.25, 0.3) is 5.65 Å². The van der Waals surface area contributed by atoms with Gasteiger partial charge in [0.05, 0.1) is 10.7 Å². The molecule has 0 bridgehead atoms. The van der Waals surface area contributed by atoms with Crippen molar-refractivity contribution in [3.8, 4) is 0 Å². The van der Waals surface area contributed by atoms with Gasteiger partial charge in [-0.2, -0.15) is 0 Å². The third-order valence-corrected chi connectivity index (χ3v) is 4.12. The maximum Gasteiger partial charge on any atom is 0.221 e. The number of rotatable bonds is 5. The fourth-order valence-electron chi connectivity index (χ4n) is 2.88. The molecule has 24 heavy (non-hydrogen) atoms. The summed E-state index contributed by atoms with van der Waals surface area (Å²) in [5.74, 6) is -0.0609. The molecule has 1 aromatic carbocycles. The molecule has 0 saturated heterocycles. The Balaban J connectivity index is 2.03. The predicted octanol–water partition coefficient (Wildman–Crippen LogP) is 4.03. The van der Waals surface area contributed by atoms with Crippen LogP contribution in [0.4, 0.5) is 0 Å². The van der Waals surface area contributed by atoms with Crippen molar-refractivity contribution in [3.63, 3.8) is 0 Å². The maximum atomic E-state index is 12.4. The number of hydrogen-bond donors (Lipinski definition) is 1. The number of fused-ring (bicyclic) bond motifs is 1. The lowest BCUT2D eigenvalue weighted by Gasteiger charge is -2.18. The molecule has 5 heteroatoms. The van der Waals surface area contributed by atoms with Crippen molar-refractivity contribution in [1.82, 2.24) is 14.7 Å². The molecule has 0 saturated carbocycles. The van der Waals surface area contributed by atoms with Gasteiger partial charge in [-0.1, -0.05) is 41.9 Å². The monoisotopic (exact) mass is 341 g/mol. The smallest absolute Gasteiger partial charge is 0.221 e. The van der Waals surface area contributed by atoms with E-state index in [-0.39, 0.29) is 17.9 Å². The average Bonchev–Trinajstić information content (AvgIpc) is 2.95. The number of amides is 1. The second-order valence-electron chi connectivity index (χ2n) is 6.15. The van der Waals surface area contributed by atoms with Crippen molar-refractivity contribution >= 4 is 23.2 Å². The highest BCUT2D eigenvalue weighted by molar-refractivity contribution is 6.30. The average molecular weight is 342 g/mol. The Labute approximate surface area is 146 Å². The van der Waals surface area contributed by atoms with Crippen LogP contribution in [0.15, 0.2) is 54.9 Å². The first-order valence-corrected chi connectivity index (χ1v) is 8.39. The van der Waals surface area contributed by atoms with E-state index in [1.807, 2.05) is 73.1 Å². The molecule has 0 radical (unpaired) electrons. The maximum absolute atomic E-state index is 12.4. The van der Waals surface area contributed by atoms with E-state index in [2.05, 4.69) is 10.3 Å². The van der Waals surface area contributed by atoms with E-state index in [1.165, 1.54) is 0 Å². The first-order chi connectivity index (χ1) is 11.5. The highest BCUT2D eigenvalue weighted by Crippen LogP contribution is 2.29. The van der Waals surface area contributed by atoms with Gasteiger partial charge in [0.15, 0.2) is 0 Å². The summed E-state index contributed by atoms with van der Waals surface area (Å²) in [5.41, 5.74) is 2.86. The molecule has 1 amide bonds. The lowest BCUT2D eigenvalue weighted by molar-refractivity contribution is -0.121. The second-order valence-corrected chi connectivity index (χ2v) is 6.58. The molecule has 3 aromatic rings. The zero-order valence-electron chi connectivity index (χ0n) is 13.7. The molecule has 124 valence electrons. The molecule has 0 aliphatic carbocycles. The number of nitrogens with one attached hydrogen (secondary N) is 1. The molecule has 0 aliphatic heterocycles. The predicted molar refractivity (Wildman–Crippen MR) is 96.4 cm³/mol. The van der Waals surface area contributed by atoms with Gasteiger partial charge < -0.3 is 9.72 Å². The Hall–Kier alpha value is -2.33. The largest absolute Gasteiger partial charge is 0.354 e. The summed E-state index contributed by atoms with van der Waals surface area (Å²) in [5, 5.41) is 3.61. The van der Waals surface area contributed by atoms with E-state index in [1.54, 1.807) is 0 Å². The molecule has 4 nitrogen and oxygen atoms in total.